The Bertz CT molecular complexity index is 439. The van der Waals surface area contributed by atoms with E-state index in [-0.39, 0.29) is 5.54 Å². The van der Waals surface area contributed by atoms with Gasteiger partial charge in [-0.1, -0.05) is 43.3 Å². The van der Waals surface area contributed by atoms with Crippen LogP contribution in [0, 0.1) is 0 Å². The van der Waals surface area contributed by atoms with Crippen LogP contribution in [-0.4, -0.2) is 17.0 Å². The maximum Gasteiger partial charge on any atom is 0.0359 e. The molecule has 0 aromatic heterocycles. The molecule has 104 valence electrons. The van der Waals surface area contributed by atoms with Gasteiger partial charge in [0.15, 0.2) is 0 Å². The monoisotopic (exact) mass is 257 g/mol. The molecule has 0 saturated carbocycles. The molecule has 0 bridgehead atoms. The van der Waals surface area contributed by atoms with Crippen molar-refractivity contribution < 1.29 is 0 Å². The zero-order chi connectivity index (χ0) is 13.9. The van der Waals surface area contributed by atoms with Gasteiger partial charge in [0.05, 0.1) is 0 Å². The first-order chi connectivity index (χ1) is 9.04. The summed E-state index contributed by atoms with van der Waals surface area (Å²) >= 11 is 0. The maximum atomic E-state index is 2.66. The molecule has 1 aromatic carbocycles. The van der Waals surface area contributed by atoms with Crippen molar-refractivity contribution in [3.05, 3.63) is 41.5 Å². The second-order valence-corrected chi connectivity index (χ2v) is 6.46. The van der Waals surface area contributed by atoms with E-state index in [9.17, 15) is 0 Å². The average molecular weight is 257 g/mol. The minimum absolute atomic E-state index is 0.253. The molecule has 0 spiro atoms. The van der Waals surface area contributed by atoms with Crippen LogP contribution in [0.25, 0.3) is 6.08 Å². The Hall–Kier alpha value is -1.08. The van der Waals surface area contributed by atoms with Gasteiger partial charge in [0, 0.05) is 11.6 Å². The third kappa shape index (κ3) is 3.27. The van der Waals surface area contributed by atoms with Crippen molar-refractivity contribution in [2.75, 3.05) is 6.54 Å². The second kappa shape index (κ2) is 5.92. The number of likely N-dealkylation sites (tertiary alicyclic amines) is 1. The minimum atomic E-state index is 0.253. The smallest absolute Gasteiger partial charge is 0.0359 e. The van der Waals surface area contributed by atoms with Gasteiger partial charge in [-0.25, -0.2) is 0 Å². The van der Waals surface area contributed by atoms with Crippen LogP contribution in [-0.2, 0) is 0 Å². The number of hydrogen-bond acceptors (Lipinski definition) is 1. The molecule has 1 atom stereocenters. The molecule has 1 nitrogen and oxygen atoms in total. The average Bonchev–Trinajstić information content (AvgIpc) is 2.85. The highest BCUT2D eigenvalue weighted by Crippen LogP contribution is 2.38. The molecule has 1 heterocycles. The van der Waals surface area contributed by atoms with Crippen LogP contribution < -0.4 is 0 Å². The highest BCUT2D eigenvalue weighted by Gasteiger charge is 2.34. The van der Waals surface area contributed by atoms with Gasteiger partial charge in [-0.15, -0.1) is 0 Å². The quantitative estimate of drug-likeness (QED) is 0.733. The number of hydrogen-bond donors (Lipinski definition) is 0. The molecule has 2 rings (SSSR count). The fourth-order valence-corrected chi connectivity index (χ4v) is 3.10. The fraction of sp³-hybridized carbons (Fsp3) is 0.556. The van der Waals surface area contributed by atoms with E-state index < -0.39 is 0 Å². The van der Waals surface area contributed by atoms with Crippen LogP contribution in [0.15, 0.2) is 30.3 Å². The third-order valence-corrected chi connectivity index (χ3v) is 4.00. The molecular weight excluding hydrogens is 230 g/mol. The zero-order valence-corrected chi connectivity index (χ0v) is 12.8. The van der Waals surface area contributed by atoms with Gasteiger partial charge in [-0.05, 0) is 57.7 Å². The highest BCUT2D eigenvalue weighted by molar-refractivity contribution is 5.54. The van der Waals surface area contributed by atoms with Gasteiger partial charge >= 0.3 is 0 Å². The van der Waals surface area contributed by atoms with E-state index in [1.165, 1.54) is 30.5 Å². The number of benzene rings is 1. The van der Waals surface area contributed by atoms with Crippen molar-refractivity contribution in [3.8, 4) is 0 Å². The van der Waals surface area contributed by atoms with Crippen LogP contribution in [0.3, 0.4) is 0 Å². The summed E-state index contributed by atoms with van der Waals surface area (Å²) in [5, 5.41) is 0. The van der Waals surface area contributed by atoms with Gasteiger partial charge in [0.2, 0.25) is 0 Å². The van der Waals surface area contributed by atoms with Crippen molar-refractivity contribution in [1.29, 1.82) is 0 Å². The van der Waals surface area contributed by atoms with Gasteiger partial charge in [-0.2, -0.15) is 0 Å². The summed E-state index contributed by atoms with van der Waals surface area (Å²) in [6, 6.07) is 9.47. The third-order valence-electron chi connectivity index (χ3n) is 4.00. The molecule has 1 saturated heterocycles. The summed E-state index contributed by atoms with van der Waals surface area (Å²) < 4.78 is 0. The molecule has 1 aliphatic rings. The molecule has 1 unspecified atom stereocenters. The summed E-state index contributed by atoms with van der Waals surface area (Å²) in [6.45, 7) is 10.4. The lowest BCUT2D eigenvalue weighted by Crippen LogP contribution is -2.40. The predicted octanol–water partition coefficient (Wildman–Crippen LogP) is 5.05. The van der Waals surface area contributed by atoms with Crippen molar-refractivity contribution >= 4 is 6.08 Å². The van der Waals surface area contributed by atoms with E-state index in [1.807, 2.05) is 0 Å². The Labute approximate surface area is 118 Å². The van der Waals surface area contributed by atoms with E-state index in [4.69, 9.17) is 0 Å². The first-order valence-corrected chi connectivity index (χ1v) is 7.56. The normalized spacial score (nSPS) is 21.4. The number of rotatable bonds is 3. The Morgan fingerprint density at radius 1 is 1.26 bits per heavy atom. The Morgan fingerprint density at radius 2 is 2.00 bits per heavy atom. The van der Waals surface area contributed by atoms with Crippen LogP contribution in [0.5, 0.6) is 0 Å². The summed E-state index contributed by atoms with van der Waals surface area (Å²) in [4.78, 5) is 2.66. The van der Waals surface area contributed by atoms with Crippen LogP contribution in [0.1, 0.15) is 64.1 Å². The van der Waals surface area contributed by atoms with Crippen LogP contribution in [0.2, 0.25) is 0 Å². The van der Waals surface area contributed by atoms with E-state index in [0.717, 1.165) is 6.42 Å². The molecule has 0 N–H and O–H groups in total. The standard InChI is InChI=1S/C18H27N/c1-5-6-10-15-11-7-8-12-16(15)17-13-9-14-19(17)18(2,3)4/h6-8,10-12,17H,5,9,13-14H2,1-4H3/b10-6+. The van der Waals surface area contributed by atoms with E-state index >= 15 is 0 Å². The summed E-state index contributed by atoms with van der Waals surface area (Å²) in [6.07, 6.45) is 8.24. The molecule has 1 aliphatic heterocycles. The summed E-state index contributed by atoms with van der Waals surface area (Å²) in [5.41, 5.74) is 3.15. The van der Waals surface area contributed by atoms with Gasteiger partial charge < -0.3 is 0 Å². The van der Waals surface area contributed by atoms with Gasteiger partial charge in [-0.3, -0.25) is 4.90 Å². The fourth-order valence-electron chi connectivity index (χ4n) is 3.10. The molecule has 1 heteroatoms. The predicted molar refractivity (Wildman–Crippen MR) is 84.2 cm³/mol. The van der Waals surface area contributed by atoms with E-state index in [0.29, 0.717) is 6.04 Å². The Kier molecular flexibility index (Phi) is 4.46. The van der Waals surface area contributed by atoms with Crippen LogP contribution >= 0.6 is 0 Å². The molecule has 0 aliphatic carbocycles. The molecule has 0 amide bonds. The molecular formula is C18H27N. The number of nitrogens with zero attached hydrogens (tertiary/aromatic N) is 1. The van der Waals surface area contributed by atoms with Crippen molar-refractivity contribution in [2.45, 2.75) is 58.5 Å². The van der Waals surface area contributed by atoms with E-state index in [1.54, 1.807) is 0 Å². The molecule has 1 aromatic rings. The van der Waals surface area contributed by atoms with E-state index in [2.05, 4.69) is 69.0 Å². The lowest BCUT2D eigenvalue weighted by atomic mass is 9.95. The summed E-state index contributed by atoms with van der Waals surface area (Å²) in [7, 11) is 0. The van der Waals surface area contributed by atoms with Crippen LogP contribution in [0.4, 0.5) is 0 Å². The number of allylic oxidation sites excluding steroid dienone is 1. The topological polar surface area (TPSA) is 3.24 Å². The van der Waals surface area contributed by atoms with Crippen molar-refractivity contribution in [3.63, 3.8) is 0 Å². The van der Waals surface area contributed by atoms with Gasteiger partial charge in [0.25, 0.3) is 0 Å². The molecule has 19 heavy (non-hydrogen) atoms. The highest BCUT2D eigenvalue weighted by atomic mass is 15.2. The molecule has 0 radical (unpaired) electrons. The van der Waals surface area contributed by atoms with Crippen molar-refractivity contribution in [1.82, 2.24) is 4.90 Å². The lowest BCUT2D eigenvalue weighted by Gasteiger charge is -2.37. The molecule has 1 fully saturated rings. The Balaban J connectivity index is 2.33. The lowest BCUT2D eigenvalue weighted by molar-refractivity contribution is 0.121. The first kappa shape index (κ1) is 14.3. The first-order valence-electron chi connectivity index (χ1n) is 7.56. The second-order valence-electron chi connectivity index (χ2n) is 6.46. The zero-order valence-electron chi connectivity index (χ0n) is 12.8. The minimum Gasteiger partial charge on any atom is -0.291 e. The largest absolute Gasteiger partial charge is 0.291 e. The van der Waals surface area contributed by atoms with Crippen molar-refractivity contribution in [2.24, 2.45) is 0 Å². The maximum absolute atomic E-state index is 2.66. The Morgan fingerprint density at radius 3 is 2.68 bits per heavy atom. The SMILES string of the molecule is CC/C=C/c1ccccc1C1CCCN1C(C)(C)C. The van der Waals surface area contributed by atoms with Gasteiger partial charge in [0.1, 0.15) is 0 Å². The summed E-state index contributed by atoms with van der Waals surface area (Å²) in [5.74, 6) is 0.